The fourth-order valence-corrected chi connectivity index (χ4v) is 5.93. The predicted molar refractivity (Wildman–Crippen MR) is 147 cm³/mol. The lowest BCUT2D eigenvalue weighted by Crippen LogP contribution is -2.38. The lowest BCUT2D eigenvalue weighted by Gasteiger charge is -2.36. The first kappa shape index (κ1) is 25.9. The summed E-state index contributed by atoms with van der Waals surface area (Å²) < 4.78 is 16.9. The van der Waals surface area contributed by atoms with Crippen molar-refractivity contribution in [1.29, 1.82) is 0 Å². The third kappa shape index (κ3) is 5.29. The summed E-state index contributed by atoms with van der Waals surface area (Å²) in [6, 6.07) is 14.6. The number of allylic oxidation sites excluding steroid dienone is 1. The Balaban J connectivity index is 1.52. The summed E-state index contributed by atoms with van der Waals surface area (Å²) in [6.45, 7) is 3.54. The minimum Gasteiger partial charge on any atom is -0.497 e. The van der Waals surface area contributed by atoms with Crippen LogP contribution in [0.4, 0.5) is 0 Å². The molecule has 2 aromatic rings. The molecule has 0 aromatic heterocycles. The third-order valence-corrected chi connectivity index (χ3v) is 7.80. The van der Waals surface area contributed by atoms with Crippen LogP contribution in [-0.2, 0) is 20.9 Å². The van der Waals surface area contributed by atoms with Crippen LogP contribution in [0, 0.1) is 0 Å². The molecule has 3 heterocycles. The van der Waals surface area contributed by atoms with Gasteiger partial charge in [0, 0.05) is 24.9 Å². The Bertz CT molecular complexity index is 1290. The third-order valence-electron chi connectivity index (χ3n) is 6.91. The van der Waals surface area contributed by atoms with Gasteiger partial charge in [0.15, 0.2) is 5.17 Å². The highest BCUT2D eigenvalue weighted by atomic mass is 32.2. The number of carbonyl (C=O) groups is 2. The number of fused-ring (bicyclic) bond motifs is 1. The molecule has 1 atom stereocenters. The van der Waals surface area contributed by atoms with E-state index in [2.05, 4.69) is 0 Å². The van der Waals surface area contributed by atoms with E-state index < -0.39 is 12.0 Å². The van der Waals surface area contributed by atoms with E-state index in [1.807, 2.05) is 64.6 Å². The number of thioether (sulfide) groups is 1. The van der Waals surface area contributed by atoms with Crippen LogP contribution in [0.2, 0.25) is 0 Å². The number of amidine groups is 1. The Labute approximate surface area is 226 Å². The molecule has 0 unspecified atom stereocenters. The summed E-state index contributed by atoms with van der Waals surface area (Å²) in [5.41, 5.74) is 3.48. The molecule has 1 fully saturated rings. The van der Waals surface area contributed by atoms with Crippen molar-refractivity contribution in [2.75, 3.05) is 27.3 Å². The van der Waals surface area contributed by atoms with Gasteiger partial charge in [-0.25, -0.2) is 9.79 Å². The molecule has 0 aliphatic carbocycles. The number of likely N-dealkylation sites (tertiary alicyclic amines) is 1. The Morgan fingerprint density at radius 3 is 2.37 bits per heavy atom. The van der Waals surface area contributed by atoms with Gasteiger partial charge in [0.05, 0.1) is 38.0 Å². The standard InChI is InChI=1S/C29H31N3O5S/c1-19-26(28(34)37-17-20-9-5-4-6-10-20)27(21-13-23(35-2)16-24(14-21)36-3)32-22(18-38-29(32)30-19)15-25(33)31-11-7-8-12-31/h4-6,9-10,13-14,16,18,27H,7-8,11-12,15,17H2,1-3H3/t27-/m1/s1. The summed E-state index contributed by atoms with van der Waals surface area (Å²) in [5, 5.41) is 2.68. The zero-order valence-electron chi connectivity index (χ0n) is 21.8. The maximum absolute atomic E-state index is 13.7. The number of hydrogen-bond acceptors (Lipinski definition) is 8. The number of nitrogens with zero attached hydrogens (tertiary/aromatic N) is 3. The first-order valence-corrected chi connectivity index (χ1v) is 13.5. The molecule has 0 saturated carbocycles. The van der Waals surface area contributed by atoms with Gasteiger partial charge in [-0.2, -0.15) is 0 Å². The molecule has 8 nitrogen and oxygen atoms in total. The molecule has 0 N–H and O–H groups in total. The SMILES string of the molecule is COc1cc(OC)cc([C@@H]2C(C(=O)OCc3ccccc3)=C(C)N=C3SC=C(CC(=O)N4CCCC4)N32)c1. The lowest BCUT2D eigenvalue weighted by atomic mass is 9.93. The average Bonchev–Trinajstić information content (AvgIpc) is 3.62. The maximum Gasteiger partial charge on any atom is 0.338 e. The lowest BCUT2D eigenvalue weighted by molar-refractivity contribution is -0.141. The molecule has 9 heteroatoms. The Morgan fingerprint density at radius 1 is 1.03 bits per heavy atom. The Morgan fingerprint density at radius 2 is 1.71 bits per heavy atom. The summed E-state index contributed by atoms with van der Waals surface area (Å²) in [4.78, 5) is 35.4. The molecule has 38 heavy (non-hydrogen) atoms. The average molecular weight is 534 g/mol. The number of ether oxygens (including phenoxy) is 3. The number of aliphatic imine (C=N–C) groups is 1. The summed E-state index contributed by atoms with van der Waals surface area (Å²) in [7, 11) is 3.18. The van der Waals surface area contributed by atoms with E-state index in [0.717, 1.165) is 47.9 Å². The smallest absolute Gasteiger partial charge is 0.338 e. The zero-order valence-corrected chi connectivity index (χ0v) is 22.6. The normalized spacial score (nSPS) is 18.7. The fraction of sp³-hybridized carbons (Fsp3) is 0.345. The minimum atomic E-state index is -0.567. The van der Waals surface area contributed by atoms with E-state index in [0.29, 0.717) is 22.8 Å². The van der Waals surface area contributed by atoms with Gasteiger partial charge < -0.3 is 24.0 Å². The summed E-state index contributed by atoms with van der Waals surface area (Å²) >= 11 is 1.46. The number of hydrogen-bond donors (Lipinski definition) is 0. The second-order valence-electron chi connectivity index (χ2n) is 9.37. The van der Waals surface area contributed by atoms with Gasteiger partial charge in [0.25, 0.3) is 0 Å². The molecule has 1 amide bonds. The number of esters is 1. The van der Waals surface area contributed by atoms with Gasteiger partial charge in [0.2, 0.25) is 5.91 Å². The molecular weight excluding hydrogens is 502 g/mol. The molecule has 0 radical (unpaired) electrons. The van der Waals surface area contributed by atoms with Crippen molar-refractivity contribution in [2.24, 2.45) is 4.99 Å². The van der Waals surface area contributed by atoms with E-state index in [9.17, 15) is 9.59 Å². The van der Waals surface area contributed by atoms with E-state index in [1.165, 1.54) is 11.8 Å². The highest BCUT2D eigenvalue weighted by Crippen LogP contribution is 2.46. The van der Waals surface area contributed by atoms with Gasteiger partial charge in [-0.05, 0) is 48.4 Å². The molecule has 0 bridgehead atoms. The predicted octanol–water partition coefficient (Wildman–Crippen LogP) is 5.03. The second-order valence-corrected chi connectivity index (χ2v) is 10.2. The van der Waals surface area contributed by atoms with E-state index in [-0.39, 0.29) is 18.9 Å². The van der Waals surface area contributed by atoms with Crippen LogP contribution < -0.4 is 9.47 Å². The van der Waals surface area contributed by atoms with E-state index >= 15 is 0 Å². The number of carbonyl (C=O) groups excluding carboxylic acids is 2. The molecule has 0 spiro atoms. The van der Waals surface area contributed by atoms with Crippen molar-refractivity contribution in [3.05, 3.63) is 82.0 Å². The summed E-state index contributed by atoms with van der Waals surface area (Å²) in [6.07, 6.45) is 2.29. The van der Waals surface area contributed by atoms with Crippen LogP contribution in [0.25, 0.3) is 0 Å². The van der Waals surface area contributed by atoms with E-state index in [1.54, 1.807) is 20.3 Å². The van der Waals surface area contributed by atoms with Crippen molar-refractivity contribution < 1.29 is 23.8 Å². The van der Waals surface area contributed by atoms with Crippen molar-refractivity contribution in [2.45, 2.75) is 38.8 Å². The highest BCUT2D eigenvalue weighted by Gasteiger charge is 2.42. The molecule has 1 saturated heterocycles. The molecule has 2 aromatic carbocycles. The first-order chi connectivity index (χ1) is 18.5. The Kier molecular flexibility index (Phi) is 7.74. The molecule has 3 aliphatic heterocycles. The van der Waals surface area contributed by atoms with Gasteiger partial charge in [-0.3, -0.25) is 4.79 Å². The maximum atomic E-state index is 13.7. The first-order valence-electron chi connectivity index (χ1n) is 12.6. The quantitative estimate of drug-likeness (QED) is 0.440. The molecule has 198 valence electrons. The monoisotopic (exact) mass is 533 g/mol. The van der Waals surface area contributed by atoms with Crippen molar-refractivity contribution in [3.63, 3.8) is 0 Å². The van der Waals surface area contributed by atoms with E-state index in [4.69, 9.17) is 19.2 Å². The highest BCUT2D eigenvalue weighted by molar-refractivity contribution is 8.16. The number of rotatable bonds is 8. The topological polar surface area (TPSA) is 80.7 Å². The molecule has 3 aliphatic rings. The van der Waals surface area contributed by atoms with Crippen molar-refractivity contribution in [3.8, 4) is 11.5 Å². The van der Waals surface area contributed by atoms with Crippen LogP contribution in [-0.4, -0.2) is 54.2 Å². The van der Waals surface area contributed by atoms with Crippen molar-refractivity contribution in [1.82, 2.24) is 9.80 Å². The number of benzene rings is 2. The van der Waals surface area contributed by atoms with Crippen LogP contribution in [0.15, 0.2) is 75.9 Å². The number of amides is 1. The van der Waals surface area contributed by atoms with Crippen LogP contribution in [0.3, 0.4) is 0 Å². The fourth-order valence-electron chi connectivity index (χ4n) is 4.97. The van der Waals surface area contributed by atoms with Gasteiger partial charge >= 0.3 is 5.97 Å². The Hall–Kier alpha value is -3.72. The van der Waals surface area contributed by atoms with Gasteiger partial charge in [-0.1, -0.05) is 42.1 Å². The van der Waals surface area contributed by atoms with Crippen LogP contribution in [0.1, 0.15) is 43.4 Å². The minimum absolute atomic E-state index is 0.0806. The zero-order chi connectivity index (χ0) is 26.6. The van der Waals surface area contributed by atoms with Gasteiger partial charge in [0.1, 0.15) is 18.1 Å². The van der Waals surface area contributed by atoms with Crippen molar-refractivity contribution >= 4 is 28.8 Å². The van der Waals surface area contributed by atoms with Gasteiger partial charge in [-0.15, -0.1) is 0 Å². The van der Waals surface area contributed by atoms with Crippen LogP contribution >= 0.6 is 11.8 Å². The number of methoxy groups -OCH3 is 2. The largest absolute Gasteiger partial charge is 0.497 e. The molecular formula is C29H31N3O5S. The second kappa shape index (κ2) is 11.3. The van der Waals surface area contributed by atoms with Crippen LogP contribution in [0.5, 0.6) is 11.5 Å². The molecule has 5 rings (SSSR count). The summed E-state index contributed by atoms with van der Waals surface area (Å²) in [5.74, 6) is 0.826.